The molecule has 0 aliphatic carbocycles. The van der Waals surface area contributed by atoms with Crippen LogP contribution in [0.25, 0.3) is 0 Å². The summed E-state index contributed by atoms with van der Waals surface area (Å²) in [6.45, 7) is 14.2. The Labute approximate surface area is 158 Å². The monoisotopic (exact) mass is 366 g/mol. The smallest absolute Gasteiger partial charge is 0.119 e. The lowest BCUT2D eigenvalue weighted by molar-refractivity contribution is 0.226. The summed E-state index contributed by atoms with van der Waals surface area (Å²) in [5.74, 6) is 2.42. The standard InChI is InChI=1S/C19H32N2OS.C2H6/c1-15(2)10-11-21-13-17(12-16(21)3)14-22-18-6-8-19(9-7-18)23(5)20-4;1-2/h6-9,15-17H,10-14H2,1-5H3;1-2H3. The number of rotatable bonds is 7. The molecular formula is C21H38N2OS. The van der Waals surface area contributed by atoms with Crippen LogP contribution in [0.1, 0.15) is 47.5 Å². The van der Waals surface area contributed by atoms with Crippen molar-refractivity contribution in [2.45, 2.75) is 58.4 Å². The third-order valence-corrected chi connectivity index (χ3v) is 6.21. The molecule has 25 heavy (non-hydrogen) atoms. The summed E-state index contributed by atoms with van der Waals surface area (Å²) in [5, 5.41) is 0. The van der Waals surface area contributed by atoms with E-state index in [1.165, 1.54) is 30.8 Å². The van der Waals surface area contributed by atoms with E-state index in [2.05, 4.69) is 60.6 Å². The molecule has 4 heteroatoms. The topological polar surface area (TPSA) is 24.8 Å². The molecule has 1 aliphatic heterocycles. The molecule has 2 rings (SSSR count). The molecule has 0 N–H and O–H groups in total. The Morgan fingerprint density at radius 2 is 1.88 bits per heavy atom. The van der Waals surface area contributed by atoms with Gasteiger partial charge in [-0.05, 0) is 62.7 Å². The molecule has 3 unspecified atom stereocenters. The summed E-state index contributed by atoms with van der Waals surface area (Å²) in [6, 6.07) is 9.13. The molecule has 0 amide bonds. The second-order valence-electron chi connectivity index (χ2n) is 7.07. The minimum absolute atomic E-state index is 0.00771. The zero-order valence-corrected chi connectivity index (χ0v) is 18.1. The van der Waals surface area contributed by atoms with Crippen LogP contribution in [-0.4, -0.2) is 43.9 Å². The second kappa shape index (κ2) is 11.7. The Hall–Kier alpha value is -0.870. The van der Waals surface area contributed by atoms with Crippen molar-refractivity contribution in [3.05, 3.63) is 24.3 Å². The Balaban J connectivity index is 0.00000151. The Bertz CT molecular complexity index is 513. The van der Waals surface area contributed by atoms with E-state index in [1.54, 1.807) is 0 Å². The van der Waals surface area contributed by atoms with Gasteiger partial charge in [0.15, 0.2) is 0 Å². The normalized spacial score (nSPS) is 21.9. The van der Waals surface area contributed by atoms with Crippen molar-refractivity contribution in [3.63, 3.8) is 0 Å². The van der Waals surface area contributed by atoms with E-state index in [-0.39, 0.29) is 10.7 Å². The number of hydrogen-bond acceptors (Lipinski definition) is 3. The molecule has 0 bridgehead atoms. The van der Waals surface area contributed by atoms with Crippen molar-refractivity contribution >= 4 is 10.7 Å². The molecule has 1 heterocycles. The SMILES string of the molecule is CC.CN=S(C)c1ccc(OCC2CC(C)N(CCC(C)C)C2)cc1. The quantitative estimate of drug-likeness (QED) is 0.657. The van der Waals surface area contributed by atoms with Crippen LogP contribution in [0.2, 0.25) is 0 Å². The van der Waals surface area contributed by atoms with Gasteiger partial charge >= 0.3 is 0 Å². The van der Waals surface area contributed by atoms with Crippen LogP contribution in [0, 0.1) is 11.8 Å². The molecule has 1 aliphatic rings. The summed E-state index contributed by atoms with van der Waals surface area (Å²) in [5.41, 5.74) is 0. The van der Waals surface area contributed by atoms with Gasteiger partial charge in [0.05, 0.1) is 6.61 Å². The van der Waals surface area contributed by atoms with E-state index in [9.17, 15) is 0 Å². The molecule has 0 spiro atoms. The Kier molecular flexibility index (Phi) is 10.4. The van der Waals surface area contributed by atoms with Crippen LogP contribution in [0.5, 0.6) is 5.75 Å². The zero-order valence-electron chi connectivity index (χ0n) is 17.3. The van der Waals surface area contributed by atoms with E-state index in [4.69, 9.17) is 4.74 Å². The number of hydrogen-bond donors (Lipinski definition) is 0. The van der Waals surface area contributed by atoms with E-state index >= 15 is 0 Å². The van der Waals surface area contributed by atoms with Crippen molar-refractivity contribution in [2.24, 2.45) is 16.2 Å². The van der Waals surface area contributed by atoms with Crippen molar-refractivity contribution < 1.29 is 4.74 Å². The van der Waals surface area contributed by atoms with Crippen molar-refractivity contribution in [2.75, 3.05) is 33.0 Å². The van der Waals surface area contributed by atoms with Crippen molar-refractivity contribution in [1.29, 1.82) is 0 Å². The van der Waals surface area contributed by atoms with Gasteiger partial charge in [-0.3, -0.25) is 4.36 Å². The van der Waals surface area contributed by atoms with Gasteiger partial charge in [0.1, 0.15) is 5.75 Å². The molecule has 1 fully saturated rings. The summed E-state index contributed by atoms with van der Waals surface area (Å²) >= 11 is 0. The fraction of sp³-hybridized carbons (Fsp3) is 0.714. The molecule has 3 atom stereocenters. The first-order valence-electron chi connectivity index (χ1n) is 9.72. The number of ether oxygens (including phenoxy) is 1. The van der Waals surface area contributed by atoms with Gasteiger partial charge in [0.25, 0.3) is 0 Å². The fourth-order valence-electron chi connectivity index (χ4n) is 3.13. The molecule has 0 radical (unpaired) electrons. The average molecular weight is 367 g/mol. The molecule has 1 saturated heterocycles. The van der Waals surface area contributed by atoms with Crippen molar-refractivity contribution in [3.8, 4) is 5.75 Å². The van der Waals surface area contributed by atoms with Gasteiger partial charge in [0, 0.05) is 30.4 Å². The van der Waals surface area contributed by atoms with E-state index in [1.807, 2.05) is 20.9 Å². The third-order valence-electron chi connectivity index (χ3n) is 4.71. The zero-order chi connectivity index (χ0) is 18.8. The second-order valence-corrected chi connectivity index (χ2v) is 8.86. The highest BCUT2D eigenvalue weighted by Gasteiger charge is 2.29. The average Bonchev–Trinajstić information content (AvgIpc) is 2.99. The molecule has 1 aromatic carbocycles. The Morgan fingerprint density at radius 1 is 1.24 bits per heavy atom. The van der Waals surface area contributed by atoms with Crippen LogP contribution in [0.3, 0.4) is 0 Å². The predicted octanol–water partition coefficient (Wildman–Crippen LogP) is 5.27. The van der Waals surface area contributed by atoms with Gasteiger partial charge in [-0.2, -0.15) is 0 Å². The fourth-order valence-corrected chi connectivity index (χ4v) is 3.87. The minimum Gasteiger partial charge on any atom is -0.493 e. The summed E-state index contributed by atoms with van der Waals surface area (Å²) in [4.78, 5) is 3.90. The number of likely N-dealkylation sites (tertiary alicyclic amines) is 1. The summed E-state index contributed by atoms with van der Waals surface area (Å²) in [7, 11) is 1.87. The number of benzene rings is 1. The van der Waals surface area contributed by atoms with E-state index < -0.39 is 0 Å². The highest BCUT2D eigenvalue weighted by Crippen LogP contribution is 2.25. The van der Waals surface area contributed by atoms with Gasteiger partial charge in [-0.1, -0.05) is 38.4 Å². The first kappa shape index (κ1) is 22.2. The van der Waals surface area contributed by atoms with Crippen LogP contribution in [0.15, 0.2) is 33.5 Å². The maximum atomic E-state index is 6.03. The van der Waals surface area contributed by atoms with Gasteiger partial charge in [-0.15, -0.1) is 0 Å². The number of nitrogens with zero attached hydrogens (tertiary/aromatic N) is 2. The molecule has 1 aromatic rings. The third kappa shape index (κ3) is 7.49. The van der Waals surface area contributed by atoms with Crippen LogP contribution in [-0.2, 0) is 10.7 Å². The van der Waals surface area contributed by atoms with Crippen molar-refractivity contribution in [1.82, 2.24) is 4.90 Å². The van der Waals surface area contributed by atoms with Crippen LogP contribution < -0.4 is 4.74 Å². The summed E-state index contributed by atoms with van der Waals surface area (Å²) in [6.07, 6.45) is 4.69. The first-order valence-corrected chi connectivity index (χ1v) is 11.3. The van der Waals surface area contributed by atoms with Gasteiger partial charge in [-0.25, -0.2) is 0 Å². The van der Waals surface area contributed by atoms with Gasteiger partial charge < -0.3 is 9.64 Å². The lowest BCUT2D eigenvalue weighted by Crippen LogP contribution is -2.29. The molecule has 144 valence electrons. The lowest BCUT2D eigenvalue weighted by atomic mass is 10.1. The minimum atomic E-state index is -0.00771. The molecular weight excluding hydrogens is 328 g/mol. The highest BCUT2D eigenvalue weighted by molar-refractivity contribution is 7.86. The maximum Gasteiger partial charge on any atom is 0.119 e. The van der Waals surface area contributed by atoms with Crippen LogP contribution in [0.4, 0.5) is 0 Å². The first-order chi connectivity index (χ1) is 12.0. The lowest BCUT2D eigenvalue weighted by Gasteiger charge is -2.21. The molecule has 3 nitrogen and oxygen atoms in total. The largest absolute Gasteiger partial charge is 0.493 e. The molecule has 0 saturated carbocycles. The Morgan fingerprint density at radius 3 is 2.44 bits per heavy atom. The van der Waals surface area contributed by atoms with Gasteiger partial charge in [0.2, 0.25) is 0 Å². The van der Waals surface area contributed by atoms with E-state index in [0.717, 1.165) is 18.3 Å². The van der Waals surface area contributed by atoms with Crippen LogP contribution >= 0.6 is 0 Å². The summed E-state index contributed by atoms with van der Waals surface area (Å²) < 4.78 is 10.4. The molecule has 0 aromatic heterocycles. The maximum absolute atomic E-state index is 6.03. The van der Waals surface area contributed by atoms with E-state index in [0.29, 0.717) is 12.0 Å². The predicted molar refractivity (Wildman–Crippen MR) is 112 cm³/mol. The highest BCUT2D eigenvalue weighted by atomic mass is 32.2.